The van der Waals surface area contributed by atoms with E-state index in [9.17, 15) is 29.4 Å². The number of hydrogen-bond acceptors (Lipinski definition) is 7. The van der Waals surface area contributed by atoms with Crippen molar-refractivity contribution in [3.05, 3.63) is 55.7 Å². The van der Waals surface area contributed by atoms with Gasteiger partial charge < -0.3 is 28.8 Å². The van der Waals surface area contributed by atoms with Crippen LogP contribution in [0.2, 0.25) is 0 Å². The Morgan fingerprint density at radius 2 is 1.64 bits per heavy atom. The minimum absolute atomic E-state index is 0. The summed E-state index contributed by atoms with van der Waals surface area (Å²) < 4.78 is 6.79. The second kappa shape index (κ2) is 8.46. The van der Waals surface area contributed by atoms with Gasteiger partial charge in [-0.3, -0.25) is 9.59 Å². The number of rotatable bonds is 5. The predicted octanol–water partition coefficient (Wildman–Crippen LogP) is -0.573. The van der Waals surface area contributed by atoms with Crippen LogP contribution in [0.25, 0.3) is 21.9 Å². The zero-order chi connectivity index (χ0) is 19.9. The standard InChI is InChI=1S/C19H17NO7.Ca/c1-3-5-9-16-10(13(21)7-12(18(23)24)20(16)4-2)6-11-14(22)8-15(19(25)26)27-17(9)11;/h6-8H,3-5H2,1-2H3,(H,23,24)(H,25,26);/p-2. The van der Waals surface area contributed by atoms with Crippen LogP contribution in [0.3, 0.4) is 0 Å². The number of fused-ring (bicyclic) bond motifs is 2. The number of aryl methyl sites for hydroxylation is 2. The van der Waals surface area contributed by atoms with E-state index in [2.05, 4.69) is 0 Å². The van der Waals surface area contributed by atoms with E-state index < -0.39 is 28.6 Å². The molecule has 0 aliphatic heterocycles. The first-order valence-corrected chi connectivity index (χ1v) is 8.40. The Kier molecular flexibility index (Phi) is 6.69. The fraction of sp³-hybridized carbons (Fsp3) is 0.263. The molecule has 0 spiro atoms. The van der Waals surface area contributed by atoms with Crippen molar-refractivity contribution in [3.8, 4) is 0 Å². The van der Waals surface area contributed by atoms with Gasteiger partial charge in [0.2, 0.25) is 0 Å². The number of pyridine rings is 1. The van der Waals surface area contributed by atoms with Crippen LogP contribution in [0.15, 0.2) is 32.2 Å². The molecule has 9 heteroatoms. The molecular weight excluding hydrogens is 394 g/mol. The molecule has 0 N–H and O–H groups in total. The van der Waals surface area contributed by atoms with Crippen molar-refractivity contribution in [2.75, 3.05) is 0 Å². The number of aromatic nitrogens is 1. The molecule has 3 aromatic rings. The summed E-state index contributed by atoms with van der Waals surface area (Å²) in [7, 11) is 0. The summed E-state index contributed by atoms with van der Waals surface area (Å²) >= 11 is 0. The van der Waals surface area contributed by atoms with Crippen molar-refractivity contribution in [3.63, 3.8) is 0 Å². The first-order chi connectivity index (χ1) is 12.8. The maximum atomic E-state index is 12.5. The van der Waals surface area contributed by atoms with Gasteiger partial charge in [0.25, 0.3) is 0 Å². The van der Waals surface area contributed by atoms with Gasteiger partial charge >= 0.3 is 0 Å². The summed E-state index contributed by atoms with van der Waals surface area (Å²) in [5, 5.41) is 22.9. The van der Waals surface area contributed by atoms with E-state index >= 15 is 0 Å². The Balaban J connectivity index is 0.00000280. The number of carbonyl (C=O) groups is 2. The van der Waals surface area contributed by atoms with Crippen molar-refractivity contribution in [2.45, 2.75) is 33.2 Å². The minimum atomic E-state index is -1.65. The predicted molar refractivity (Wildman–Crippen MR) is 98.3 cm³/mol. The molecule has 0 fully saturated rings. The average Bonchev–Trinajstić information content (AvgIpc) is 2.62. The smallest absolute Gasteiger partial charge is 0.193 e. The summed E-state index contributed by atoms with van der Waals surface area (Å²) in [6, 6.07) is 3.06. The SMILES string of the molecule is CCCc1c2oc(C(=O)[O-])cc(=O)c2cc2c(=O)cc(C(=O)[O-])n(CC)c12.[Ca]. The number of carboxylic acids is 2. The summed E-state index contributed by atoms with van der Waals surface area (Å²) in [6.45, 7) is 3.76. The molecule has 142 valence electrons. The van der Waals surface area contributed by atoms with Crippen molar-refractivity contribution >= 4 is 71.5 Å². The molecule has 0 aliphatic rings. The molecule has 2 heterocycles. The maximum Gasteiger partial charge on any atom is 0.193 e. The molecule has 0 aliphatic carbocycles. The average molecular weight is 409 g/mol. The van der Waals surface area contributed by atoms with Gasteiger partial charge in [-0.2, -0.15) is 0 Å². The number of benzene rings is 1. The van der Waals surface area contributed by atoms with E-state index in [0.29, 0.717) is 18.4 Å². The van der Waals surface area contributed by atoms with E-state index in [0.717, 1.165) is 12.1 Å². The Morgan fingerprint density at radius 3 is 2.18 bits per heavy atom. The fourth-order valence-corrected chi connectivity index (χ4v) is 3.32. The first kappa shape index (κ1) is 22.1. The fourth-order valence-electron chi connectivity index (χ4n) is 3.32. The topological polar surface area (TPSA) is 132 Å². The van der Waals surface area contributed by atoms with Crippen LogP contribution >= 0.6 is 0 Å². The number of aromatic carboxylic acids is 2. The minimum Gasteiger partial charge on any atom is -0.543 e. The van der Waals surface area contributed by atoms with Crippen LogP contribution in [0.5, 0.6) is 0 Å². The molecule has 2 aromatic heterocycles. The van der Waals surface area contributed by atoms with Gasteiger partial charge in [-0.05, 0) is 19.4 Å². The van der Waals surface area contributed by atoms with Crippen molar-refractivity contribution in [1.82, 2.24) is 4.57 Å². The van der Waals surface area contributed by atoms with Gasteiger partial charge in [-0.1, -0.05) is 13.3 Å². The van der Waals surface area contributed by atoms with E-state index in [4.69, 9.17) is 4.42 Å². The Hall–Kier alpha value is -2.16. The molecule has 0 bridgehead atoms. The summed E-state index contributed by atoms with van der Waals surface area (Å²) in [4.78, 5) is 47.5. The van der Waals surface area contributed by atoms with Gasteiger partial charge in [0, 0.05) is 67.4 Å². The van der Waals surface area contributed by atoms with Crippen molar-refractivity contribution in [1.29, 1.82) is 0 Å². The van der Waals surface area contributed by atoms with Gasteiger partial charge in [0.05, 0.1) is 22.6 Å². The third kappa shape index (κ3) is 3.59. The monoisotopic (exact) mass is 409 g/mol. The summed E-state index contributed by atoms with van der Waals surface area (Å²) in [5.41, 5.74) is -0.805. The van der Waals surface area contributed by atoms with Crippen molar-refractivity contribution in [2.24, 2.45) is 0 Å². The van der Waals surface area contributed by atoms with Gasteiger partial charge in [0.1, 0.15) is 11.6 Å². The Bertz CT molecular complexity index is 1220. The molecule has 2 radical (unpaired) electrons. The number of hydrogen-bond donors (Lipinski definition) is 0. The van der Waals surface area contributed by atoms with Gasteiger partial charge in [-0.25, -0.2) is 0 Å². The number of carbonyl (C=O) groups excluding carboxylic acids is 2. The molecule has 28 heavy (non-hydrogen) atoms. The van der Waals surface area contributed by atoms with Crippen LogP contribution in [-0.4, -0.2) is 54.2 Å². The maximum absolute atomic E-state index is 12.5. The molecular formula is C19H15CaNO7-2. The van der Waals surface area contributed by atoms with E-state index in [1.54, 1.807) is 6.92 Å². The number of nitrogens with zero attached hydrogens (tertiary/aromatic N) is 1. The van der Waals surface area contributed by atoms with Crippen LogP contribution in [0.4, 0.5) is 0 Å². The first-order valence-electron chi connectivity index (χ1n) is 8.40. The van der Waals surface area contributed by atoms with E-state index in [-0.39, 0.29) is 71.8 Å². The van der Waals surface area contributed by atoms with Crippen LogP contribution < -0.4 is 21.1 Å². The van der Waals surface area contributed by atoms with E-state index in [1.807, 2.05) is 6.92 Å². The second-order valence-electron chi connectivity index (χ2n) is 6.07. The second-order valence-corrected chi connectivity index (χ2v) is 6.07. The summed E-state index contributed by atoms with van der Waals surface area (Å²) in [6.07, 6.45) is 0.921. The van der Waals surface area contributed by atoms with Crippen LogP contribution in [0.1, 0.15) is 46.9 Å². The van der Waals surface area contributed by atoms with Gasteiger partial charge in [-0.15, -0.1) is 0 Å². The quantitative estimate of drug-likeness (QED) is 0.407. The van der Waals surface area contributed by atoms with Crippen molar-refractivity contribution < 1.29 is 24.2 Å². The van der Waals surface area contributed by atoms with Gasteiger partial charge in [0.15, 0.2) is 16.6 Å². The molecule has 8 nitrogen and oxygen atoms in total. The molecule has 0 saturated carbocycles. The molecule has 0 atom stereocenters. The molecule has 1 aromatic carbocycles. The zero-order valence-electron chi connectivity index (χ0n) is 15.4. The van der Waals surface area contributed by atoms with Crippen LogP contribution in [0, 0.1) is 0 Å². The molecule has 0 unspecified atom stereocenters. The van der Waals surface area contributed by atoms with Crippen LogP contribution in [-0.2, 0) is 13.0 Å². The summed E-state index contributed by atoms with van der Waals surface area (Å²) in [5.74, 6) is -3.79. The molecule has 0 saturated heterocycles. The number of carboxylic acid groups (broad SMARTS) is 2. The molecule has 3 rings (SSSR count). The zero-order valence-corrected chi connectivity index (χ0v) is 17.6. The van der Waals surface area contributed by atoms with E-state index in [1.165, 1.54) is 10.6 Å². The largest absolute Gasteiger partial charge is 0.543 e. The Morgan fingerprint density at radius 1 is 1.00 bits per heavy atom. The molecule has 0 amide bonds. The third-order valence-corrected chi connectivity index (χ3v) is 4.41. The Labute approximate surface area is 188 Å². The normalized spacial score (nSPS) is 10.8. The third-order valence-electron chi connectivity index (χ3n) is 4.41.